The van der Waals surface area contributed by atoms with Crippen LogP contribution in [0.25, 0.3) is 0 Å². The summed E-state index contributed by atoms with van der Waals surface area (Å²) in [6.07, 6.45) is 3.09. The van der Waals surface area contributed by atoms with E-state index in [0.29, 0.717) is 6.61 Å². The van der Waals surface area contributed by atoms with Gasteiger partial charge in [-0.2, -0.15) is 0 Å². The van der Waals surface area contributed by atoms with Gasteiger partial charge < -0.3 is 19.5 Å². The van der Waals surface area contributed by atoms with Gasteiger partial charge in [-0.1, -0.05) is 60.7 Å². The van der Waals surface area contributed by atoms with Crippen molar-refractivity contribution in [1.29, 1.82) is 0 Å². The molecule has 32 heavy (non-hydrogen) atoms. The van der Waals surface area contributed by atoms with Crippen molar-refractivity contribution in [3.8, 4) is 11.5 Å². The number of rotatable bonds is 10. The lowest BCUT2D eigenvalue weighted by Crippen LogP contribution is -2.38. The van der Waals surface area contributed by atoms with E-state index >= 15 is 0 Å². The number of benzene rings is 3. The normalized spacial score (nSPS) is 17.6. The maximum atomic E-state index is 6.10. The molecule has 3 aromatic rings. The summed E-state index contributed by atoms with van der Waals surface area (Å²) in [6, 6.07) is 25.7. The van der Waals surface area contributed by atoms with Crippen LogP contribution in [0, 0.1) is 0 Å². The second-order valence-corrected chi connectivity index (χ2v) is 8.39. The van der Waals surface area contributed by atoms with Gasteiger partial charge in [0.1, 0.15) is 0 Å². The lowest BCUT2D eigenvalue weighted by atomic mass is 9.69. The van der Waals surface area contributed by atoms with E-state index in [1.54, 1.807) is 14.2 Å². The molecule has 0 amide bonds. The Balaban J connectivity index is 1.37. The first-order valence-corrected chi connectivity index (χ1v) is 11.4. The molecule has 0 fully saturated rings. The predicted molar refractivity (Wildman–Crippen MR) is 129 cm³/mol. The van der Waals surface area contributed by atoms with Gasteiger partial charge in [-0.15, -0.1) is 0 Å². The fourth-order valence-corrected chi connectivity index (χ4v) is 4.78. The van der Waals surface area contributed by atoms with Crippen molar-refractivity contribution in [2.45, 2.75) is 31.3 Å². The SMILES string of the molecule is COc1ccc(CCNCCCC2(c3ccccc3)COCc3ccccc32)cc1OC. The van der Waals surface area contributed by atoms with Crippen LogP contribution < -0.4 is 14.8 Å². The monoisotopic (exact) mass is 431 g/mol. The van der Waals surface area contributed by atoms with Crippen molar-refractivity contribution in [1.82, 2.24) is 5.32 Å². The van der Waals surface area contributed by atoms with E-state index < -0.39 is 0 Å². The molecule has 0 saturated carbocycles. The third-order valence-corrected chi connectivity index (χ3v) is 6.46. The summed E-state index contributed by atoms with van der Waals surface area (Å²) in [5.41, 5.74) is 5.23. The van der Waals surface area contributed by atoms with Crippen LogP contribution in [0.4, 0.5) is 0 Å². The van der Waals surface area contributed by atoms with Crippen molar-refractivity contribution >= 4 is 0 Å². The molecule has 1 aliphatic rings. The lowest BCUT2D eigenvalue weighted by molar-refractivity contribution is 0.0613. The van der Waals surface area contributed by atoms with Gasteiger partial charge in [-0.3, -0.25) is 0 Å². The Labute approximate surface area is 191 Å². The minimum atomic E-state index is -0.0822. The minimum absolute atomic E-state index is 0.0822. The molecule has 1 atom stereocenters. The molecule has 1 heterocycles. The average molecular weight is 432 g/mol. The Morgan fingerprint density at radius 1 is 0.875 bits per heavy atom. The first-order chi connectivity index (χ1) is 15.8. The highest BCUT2D eigenvalue weighted by atomic mass is 16.5. The summed E-state index contributed by atoms with van der Waals surface area (Å²) in [6.45, 7) is 3.35. The van der Waals surface area contributed by atoms with Crippen LogP contribution in [0.15, 0.2) is 72.8 Å². The number of hydrogen-bond acceptors (Lipinski definition) is 4. The first kappa shape index (κ1) is 22.4. The number of fused-ring (bicyclic) bond motifs is 1. The van der Waals surface area contributed by atoms with Crippen molar-refractivity contribution in [3.63, 3.8) is 0 Å². The van der Waals surface area contributed by atoms with Gasteiger partial charge in [0.15, 0.2) is 11.5 Å². The zero-order chi connectivity index (χ0) is 22.2. The Bertz CT molecular complexity index is 1000. The second kappa shape index (κ2) is 10.7. The highest BCUT2D eigenvalue weighted by Gasteiger charge is 2.38. The maximum absolute atomic E-state index is 6.10. The smallest absolute Gasteiger partial charge is 0.160 e. The van der Waals surface area contributed by atoms with Gasteiger partial charge in [0.25, 0.3) is 0 Å². The lowest BCUT2D eigenvalue weighted by Gasteiger charge is -2.40. The van der Waals surface area contributed by atoms with Gasteiger partial charge in [0, 0.05) is 5.41 Å². The van der Waals surface area contributed by atoms with E-state index in [0.717, 1.165) is 50.5 Å². The topological polar surface area (TPSA) is 39.7 Å². The van der Waals surface area contributed by atoms with Crippen molar-refractivity contribution in [2.75, 3.05) is 33.9 Å². The van der Waals surface area contributed by atoms with Crippen LogP contribution in [0.5, 0.6) is 11.5 Å². The number of hydrogen-bond donors (Lipinski definition) is 1. The molecule has 4 rings (SSSR count). The molecule has 4 nitrogen and oxygen atoms in total. The quantitative estimate of drug-likeness (QED) is 0.452. The molecule has 0 spiro atoms. The van der Waals surface area contributed by atoms with E-state index in [9.17, 15) is 0 Å². The molecule has 0 aliphatic carbocycles. The molecule has 0 bridgehead atoms. The molecule has 4 heteroatoms. The largest absolute Gasteiger partial charge is 0.493 e. The van der Waals surface area contributed by atoms with Gasteiger partial charge in [-0.05, 0) is 66.7 Å². The van der Waals surface area contributed by atoms with E-state index in [4.69, 9.17) is 14.2 Å². The number of nitrogens with one attached hydrogen (secondary N) is 1. The maximum Gasteiger partial charge on any atom is 0.160 e. The third kappa shape index (κ3) is 4.82. The van der Waals surface area contributed by atoms with E-state index in [-0.39, 0.29) is 5.41 Å². The molecular weight excluding hydrogens is 398 g/mol. The molecular formula is C28H33NO3. The summed E-state index contributed by atoms with van der Waals surface area (Å²) in [7, 11) is 3.34. The Morgan fingerprint density at radius 3 is 2.47 bits per heavy atom. The Kier molecular flexibility index (Phi) is 7.46. The Morgan fingerprint density at radius 2 is 1.66 bits per heavy atom. The highest BCUT2D eigenvalue weighted by molar-refractivity contribution is 5.45. The standard InChI is InChI=1S/C28H33NO3/c1-30-26-14-13-22(19-27(26)31-2)15-18-29-17-8-16-28(24-10-4-3-5-11-24)21-32-20-23-9-6-7-12-25(23)28/h3-7,9-14,19,29H,8,15-18,20-21H2,1-2H3. The molecule has 0 radical (unpaired) electrons. The van der Waals surface area contributed by atoms with Gasteiger partial charge in [-0.25, -0.2) is 0 Å². The molecule has 0 aromatic heterocycles. The van der Waals surface area contributed by atoms with Crippen molar-refractivity contribution in [3.05, 3.63) is 95.1 Å². The van der Waals surface area contributed by atoms with E-state index in [1.807, 2.05) is 6.07 Å². The van der Waals surface area contributed by atoms with Gasteiger partial charge >= 0.3 is 0 Å². The van der Waals surface area contributed by atoms with Crippen LogP contribution in [0.1, 0.15) is 35.1 Å². The van der Waals surface area contributed by atoms with E-state index in [2.05, 4.69) is 72.0 Å². The fraction of sp³-hybridized carbons (Fsp3) is 0.357. The molecule has 1 aliphatic heterocycles. The Hall–Kier alpha value is -2.82. The number of methoxy groups -OCH3 is 2. The van der Waals surface area contributed by atoms with Crippen LogP contribution in [-0.4, -0.2) is 33.9 Å². The van der Waals surface area contributed by atoms with Crippen molar-refractivity contribution < 1.29 is 14.2 Å². The van der Waals surface area contributed by atoms with Gasteiger partial charge in [0.2, 0.25) is 0 Å². The summed E-state index contributed by atoms with van der Waals surface area (Å²) in [5, 5.41) is 3.62. The second-order valence-electron chi connectivity index (χ2n) is 8.39. The summed E-state index contributed by atoms with van der Waals surface area (Å²) < 4.78 is 16.8. The molecule has 0 saturated heterocycles. The van der Waals surface area contributed by atoms with Crippen LogP contribution >= 0.6 is 0 Å². The van der Waals surface area contributed by atoms with E-state index in [1.165, 1.54) is 22.3 Å². The molecule has 3 aromatic carbocycles. The molecule has 168 valence electrons. The minimum Gasteiger partial charge on any atom is -0.493 e. The fourth-order valence-electron chi connectivity index (χ4n) is 4.78. The summed E-state index contributed by atoms with van der Waals surface area (Å²) >= 11 is 0. The van der Waals surface area contributed by atoms with Gasteiger partial charge in [0.05, 0.1) is 27.4 Å². The zero-order valence-electron chi connectivity index (χ0n) is 19.1. The van der Waals surface area contributed by atoms with Crippen molar-refractivity contribution in [2.24, 2.45) is 0 Å². The molecule has 1 unspecified atom stereocenters. The van der Waals surface area contributed by atoms with Crippen LogP contribution in [0.2, 0.25) is 0 Å². The van der Waals surface area contributed by atoms with Crippen LogP contribution in [-0.2, 0) is 23.2 Å². The van der Waals surface area contributed by atoms with Crippen LogP contribution in [0.3, 0.4) is 0 Å². The predicted octanol–water partition coefficient (Wildman–Crippen LogP) is 5.13. The summed E-state index contributed by atoms with van der Waals surface area (Å²) in [5.74, 6) is 1.55. The number of ether oxygens (including phenoxy) is 3. The summed E-state index contributed by atoms with van der Waals surface area (Å²) in [4.78, 5) is 0. The molecule has 1 N–H and O–H groups in total. The highest BCUT2D eigenvalue weighted by Crippen LogP contribution is 2.41. The zero-order valence-corrected chi connectivity index (χ0v) is 19.1. The average Bonchev–Trinajstić information content (AvgIpc) is 2.86. The third-order valence-electron chi connectivity index (χ3n) is 6.46. The first-order valence-electron chi connectivity index (χ1n) is 11.4.